The topological polar surface area (TPSA) is 78.9 Å². The maximum absolute atomic E-state index is 12.9. The maximum Gasteiger partial charge on any atom is 0.309 e. The first-order chi connectivity index (χ1) is 38.5. The normalized spacial score (nSPS) is 12.4. The second kappa shape index (κ2) is 66.6. The van der Waals surface area contributed by atoms with Crippen LogP contribution in [0.15, 0.2) is 60.8 Å². The van der Waals surface area contributed by atoms with Gasteiger partial charge in [0.15, 0.2) is 6.10 Å². The highest BCUT2D eigenvalue weighted by Crippen LogP contribution is 2.18. The Kier molecular flexibility index (Phi) is 64.2. The van der Waals surface area contributed by atoms with Gasteiger partial charge >= 0.3 is 17.9 Å². The lowest BCUT2D eigenvalue weighted by molar-refractivity contribution is -0.166. The number of hydrogen-bond acceptors (Lipinski definition) is 6. The summed E-state index contributed by atoms with van der Waals surface area (Å²) in [6.07, 6.45) is 85.6. The van der Waals surface area contributed by atoms with Crippen molar-refractivity contribution in [3.05, 3.63) is 60.8 Å². The van der Waals surface area contributed by atoms with Crippen molar-refractivity contribution in [3.63, 3.8) is 0 Å². The Bertz CT molecular complexity index is 1390. The molecule has 0 rings (SSSR count). The molecule has 0 bridgehead atoms. The van der Waals surface area contributed by atoms with E-state index < -0.39 is 12.1 Å². The summed E-state index contributed by atoms with van der Waals surface area (Å²) in [5, 5.41) is 0. The minimum Gasteiger partial charge on any atom is -0.462 e. The number of hydrogen-bond donors (Lipinski definition) is 0. The predicted octanol–water partition coefficient (Wildman–Crippen LogP) is 23.5. The molecule has 6 nitrogen and oxygen atoms in total. The summed E-state index contributed by atoms with van der Waals surface area (Å²) in [5.41, 5.74) is 0. The Morgan fingerprint density at radius 1 is 0.269 bits per heavy atom. The van der Waals surface area contributed by atoms with Gasteiger partial charge in [0.1, 0.15) is 13.2 Å². The van der Waals surface area contributed by atoms with E-state index >= 15 is 0 Å². The van der Waals surface area contributed by atoms with Crippen LogP contribution < -0.4 is 0 Å². The van der Waals surface area contributed by atoms with Crippen molar-refractivity contribution >= 4 is 17.9 Å². The van der Waals surface area contributed by atoms with Crippen LogP contribution in [0.1, 0.15) is 361 Å². The molecule has 0 aliphatic carbocycles. The summed E-state index contributed by atoms with van der Waals surface area (Å²) < 4.78 is 16.9. The zero-order valence-electron chi connectivity index (χ0n) is 52.2. The minimum atomic E-state index is -0.812. The van der Waals surface area contributed by atoms with Crippen LogP contribution in [0.4, 0.5) is 0 Å². The van der Waals surface area contributed by atoms with Crippen molar-refractivity contribution in [2.24, 2.45) is 0 Å². The van der Waals surface area contributed by atoms with E-state index in [1.165, 1.54) is 250 Å². The van der Waals surface area contributed by atoms with Crippen LogP contribution in [-0.4, -0.2) is 37.2 Å². The van der Waals surface area contributed by atoms with E-state index in [1.807, 2.05) is 12.2 Å². The molecule has 0 saturated carbocycles. The van der Waals surface area contributed by atoms with Crippen molar-refractivity contribution in [3.8, 4) is 0 Å². The number of carbonyl (C=O) groups excluding carboxylic acids is 3. The summed E-state index contributed by atoms with van der Waals surface area (Å²) >= 11 is 0. The highest BCUT2D eigenvalue weighted by atomic mass is 16.6. The van der Waals surface area contributed by atoms with Crippen molar-refractivity contribution in [1.29, 1.82) is 0 Å². The Hall–Kier alpha value is -2.89. The average Bonchev–Trinajstić information content (AvgIpc) is 3.44. The van der Waals surface area contributed by atoms with E-state index in [0.717, 1.165) is 70.6 Å². The van der Waals surface area contributed by atoms with Crippen LogP contribution in [0.2, 0.25) is 0 Å². The zero-order chi connectivity index (χ0) is 56.4. The van der Waals surface area contributed by atoms with Crippen LogP contribution in [0, 0.1) is 0 Å². The van der Waals surface area contributed by atoms with Crippen LogP contribution in [0.3, 0.4) is 0 Å². The monoisotopic (exact) mass is 1090 g/mol. The number of unbranched alkanes of at least 4 members (excludes halogenated alkanes) is 43. The number of carbonyl (C=O) groups is 3. The molecular formula is C72H130O6. The van der Waals surface area contributed by atoms with Gasteiger partial charge in [-0.2, -0.15) is 0 Å². The molecule has 0 spiro atoms. The van der Waals surface area contributed by atoms with Crippen LogP contribution >= 0.6 is 0 Å². The predicted molar refractivity (Wildman–Crippen MR) is 339 cm³/mol. The number of esters is 3. The summed E-state index contributed by atoms with van der Waals surface area (Å²) in [6, 6.07) is 0. The molecule has 0 radical (unpaired) electrons. The van der Waals surface area contributed by atoms with Gasteiger partial charge in [-0.05, 0) is 44.9 Å². The quantitative estimate of drug-likeness (QED) is 0.0261. The van der Waals surface area contributed by atoms with Crippen molar-refractivity contribution < 1.29 is 28.6 Å². The summed E-state index contributed by atoms with van der Waals surface area (Å²) in [6.45, 7) is 6.51. The molecule has 0 aromatic carbocycles. The molecular weight excluding hydrogens is 961 g/mol. The van der Waals surface area contributed by atoms with Crippen molar-refractivity contribution in [1.82, 2.24) is 0 Å². The van der Waals surface area contributed by atoms with Gasteiger partial charge in [0, 0.05) is 12.8 Å². The lowest BCUT2D eigenvalue weighted by atomic mass is 10.0. The van der Waals surface area contributed by atoms with E-state index in [0.29, 0.717) is 12.8 Å². The van der Waals surface area contributed by atoms with Gasteiger partial charge in [-0.25, -0.2) is 0 Å². The number of ether oxygens (including phenoxy) is 3. The molecule has 78 heavy (non-hydrogen) atoms. The molecule has 0 aliphatic heterocycles. The molecule has 1 atom stereocenters. The molecule has 0 amide bonds. The highest BCUT2D eigenvalue weighted by molar-refractivity contribution is 5.72. The van der Waals surface area contributed by atoms with E-state index in [2.05, 4.69) is 69.4 Å². The van der Waals surface area contributed by atoms with E-state index in [1.54, 1.807) is 0 Å². The fourth-order valence-corrected chi connectivity index (χ4v) is 10.2. The fraction of sp³-hybridized carbons (Fsp3) is 0.819. The van der Waals surface area contributed by atoms with Crippen molar-refractivity contribution in [2.45, 2.75) is 367 Å². The summed E-state index contributed by atoms with van der Waals surface area (Å²) in [5.74, 6) is -1.01. The van der Waals surface area contributed by atoms with Gasteiger partial charge in [0.25, 0.3) is 0 Å². The first-order valence-electron chi connectivity index (χ1n) is 34.3. The lowest BCUT2D eigenvalue weighted by Crippen LogP contribution is -2.30. The zero-order valence-corrected chi connectivity index (χ0v) is 52.2. The first kappa shape index (κ1) is 75.1. The third-order valence-corrected chi connectivity index (χ3v) is 15.3. The second-order valence-corrected chi connectivity index (χ2v) is 23.1. The lowest BCUT2D eigenvalue weighted by Gasteiger charge is -2.18. The Balaban J connectivity index is 4.33. The minimum absolute atomic E-state index is 0.0990. The van der Waals surface area contributed by atoms with Gasteiger partial charge < -0.3 is 14.2 Å². The molecule has 6 heteroatoms. The average molecular weight is 1090 g/mol. The molecule has 0 N–H and O–H groups in total. The number of rotatable bonds is 63. The van der Waals surface area contributed by atoms with E-state index in [-0.39, 0.29) is 31.6 Å². The summed E-state index contributed by atoms with van der Waals surface area (Å²) in [4.78, 5) is 38.3. The van der Waals surface area contributed by atoms with Gasteiger partial charge in [-0.1, -0.05) is 358 Å². The smallest absolute Gasteiger partial charge is 0.309 e. The molecule has 0 aliphatic rings. The molecule has 0 saturated heterocycles. The van der Waals surface area contributed by atoms with E-state index in [9.17, 15) is 14.4 Å². The van der Waals surface area contributed by atoms with Crippen molar-refractivity contribution in [2.75, 3.05) is 13.2 Å². The van der Waals surface area contributed by atoms with Crippen LogP contribution in [0.5, 0.6) is 0 Å². The Morgan fingerprint density at radius 3 is 0.782 bits per heavy atom. The van der Waals surface area contributed by atoms with Gasteiger partial charge in [-0.3, -0.25) is 14.4 Å². The Morgan fingerprint density at radius 2 is 0.500 bits per heavy atom. The highest BCUT2D eigenvalue weighted by Gasteiger charge is 2.19. The first-order valence-corrected chi connectivity index (χ1v) is 34.3. The van der Waals surface area contributed by atoms with Crippen LogP contribution in [-0.2, 0) is 28.6 Å². The standard InChI is InChI=1S/C72H130O6/c1-4-7-10-13-16-19-22-25-28-30-32-34-35-36-38-39-41-44-47-50-53-56-59-62-65-71(74)77-68-69(67-76-70(73)64-61-58-55-52-49-46-43-27-24-21-18-15-12-9-6-3)78-72(75)66-63-60-57-54-51-48-45-42-40-37-33-31-29-26-23-20-17-14-11-8-5-2/h9,12,18,21,27,43,49,52,58,61,69H,4-8,10-11,13-17,19-20,22-26,28-42,44-48,50-51,53-57,59-60,62-68H2,1-3H3/b12-9-,21-18-,43-27-,52-49-,61-58-. The third kappa shape index (κ3) is 63.9. The van der Waals surface area contributed by atoms with E-state index in [4.69, 9.17) is 14.2 Å². The largest absolute Gasteiger partial charge is 0.462 e. The molecule has 0 fully saturated rings. The van der Waals surface area contributed by atoms with Gasteiger partial charge in [0.2, 0.25) is 0 Å². The van der Waals surface area contributed by atoms with Gasteiger partial charge in [-0.15, -0.1) is 0 Å². The second-order valence-electron chi connectivity index (χ2n) is 23.1. The molecule has 0 aromatic rings. The van der Waals surface area contributed by atoms with Crippen LogP contribution in [0.25, 0.3) is 0 Å². The molecule has 0 heterocycles. The molecule has 1 unspecified atom stereocenters. The maximum atomic E-state index is 12.9. The molecule has 454 valence electrons. The molecule has 0 aromatic heterocycles. The Labute approximate surface area is 485 Å². The summed E-state index contributed by atoms with van der Waals surface area (Å²) in [7, 11) is 0. The SMILES string of the molecule is CC/C=C\C/C=C\C/C=C\C/C=C\C/C=C\CC(=O)OCC(COC(=O)CCCCCCCCCCCCCCCCCCCCCCCCCC)OC(=O)CCCCCCCCCCCCCCCCCCCCCCC. The third-order valence-electron chi connectivity index (χ3n) is 15.3. The number of allylic oxidation sites excluding steroid dienone is 9. The van der Waals surface area contributed by atoms with Gasteiger partial charge in [0.05, 0.1) is 6.42 Å². The fourth-order valence-electron chi connectivity index (χ4n) is 10.2.